The van der Waals surface area contributed by atoms with Gasteiger partial charge in [-0.2, -0.15) is 0 Å². The molecule has 13 heavy (non-hydrogen) atoms. The van der Waals surface area contributed by atoms with Crippen molar-refractivity contribution < 1.29 is 4.79 Å². The molecule has 0 spiro atoms. The summed E-state index contributed by atoms with van der Waals surface area (Å²) < 4.78 is 0. The van der Waals surface area contributed by atoms with Crippen molar-refractivity contribution in [2.24, 2.45) is 5.73 Å². The van der Waals surface area contributed by atoms with Crippen molar-refractivity contribution in [3.8, 4) is 0 Å². The lowest BCUT2D eigenvalue weighted by Crippen LogP contribution is -2.45. The summed E-state index contributed by atoms with van der Waals surface area (Å²) in [7, 11) is 0. The van der Waals surface area contributed by atoms with Crippen LogP contribution in [0.4, 0.5) is 0 Å². The Morgan fingerprint density at radius 2 is 1.92 bits per heavy atom. The van der Waals surface area contributed by atoms with Gasteiger partial charge in [0.2, 0.25) is 0 Å². The molecule has 0 bridgehead atoms. The molecule has 0 atom stereocenters. The zero-order valence-corrected chi connectivity index (χ0v) is 8.44. The minimum absolute atomic E-state index is 0.230. The van der Waals surface area contributed by atoms with E-state index in [0.717, 1.165) is 37.7 Å². The Bertz CT molecular complexity index is 214. The van der Waals surface area contributed by atoms with Crippen molar-refractivity contribution in [3.63, 3.8) is 0 Å². The van der Waals surface area contributed by atoms with Gasteiger partial charge < -0.3 is 5.73 Å². The Kier molecular flexibility index (Phi) is 3.26. The third-order valence-corrected chi connectivity index (χ3v) is 2.83. The van der Waals surface area contributed by atoms with Crippen molar-refractivity contribution in [1.29, 1.82) is 0 Å². The summed E-state index contributed by atoms with van der Waals surface area (Å²) in [6.45, 7) is 5.73. The monoisotopic (exact) mass is 181 g/mol. The van der Waals surface area contributed by atoms with E-state index in [0.29, 0.717) is 6.42 Å². The van der Waals surface area contributed by atoms with Crippen LogP contribution in [-0.4, -0.2) is 11.3 Å². The number of nitrogens with two attached hydrogens (primary N) is 1. The lowest BCUT2D eigenvalue weighted by molar-refractivity contribution is -0.124. The van der Waals surface area contributed by atoms with Crippen LogP contribution in [0.5, 0.6) is 0 Å². The second kappa shape index (κ2) is 4.05. The van der Waals surface area contributed by atoms with Gasteiger partial charge in [0.15, 0.2) is 5.78 Å². The Balaban J connectivity index is 2.42. The summed E-state index contributed by atoms with van der Waals surface area (Å²) in [5.74, 6) is 0.230. The number of carbonyl (C=O) groups excluding carboxylic acids is 1. The van der Waals surface area contributed by atoms with Gasteiger partial charge in [0.05, 0.1) is 5.54 Å². The van der Waals surface area contributed by atoms with Crippen molar-refractivity contribution in [2.45, 2.75) is 51.0 Å². The van der Waals surface area contributed by atoms with Crippen LogP contribution in [0.1, 0.15) is 45.4 Å². The second-order valence-electron chi connectivity index (χ2n) is 4.24. The molecule has 1 saturated carbocycles. The molecule has 74 valence electrons. The summed E-state index contributed by atoms with van der Waals surface area (Å²) in [5.41, 5.74) is 6.58. The van der Waals surface area contributed by atoms with Gasteiger partial charge in [0, 0.05) is 6.42 Å². The van der Waals surface area contributed by atoms with E-state index in [1.807, 2.05) is 6.92 Å². The molecule has 0 aromatic carbocycles. The lowest BCUT2D eigenvalue weighted by atomic mass is 9.90. The molecule has 1 fully saturated rings. The highest BCUT2D eigenvalue weighted by atomic mass is 16.1. The van der Waals surface area contributed by atoms with Gasteiger partial charge in [0.1, 0.15) is 0 Å². The first kappa shape index (κ1) is 10.5. The Hall–Kier alpha value is -0.630. The van der Waals surface area contributed by atoms with Crippen LogP contribution in [-0.2, 0) is 4.79 Å². The van der Waals surface area contributed by atoms with E-state index in [2.05, 4.69) is 6.58 Å². The highest BCUT2D eigenvalue weighted by Gasteiger charge is 2.35. The maximum Gasteiger partial charge on any atom is 0.152 e. The van der Waals surface area contributed by atoms with E-state index in [9.17, 15) is 4.79 Å². The van der Waals surface area contributed by atoms with Crippen molar-refractivity contribution in [2.75, 3.05) is 0 Å². The highest BCUT2D eigenvalue weighted by molar-refractivity contribution is 5.88. The third-order valence-electron chi connectivity index (χ3n) is 2.83. The molecule has 0 heterocycles. The zero-order valence-electron chi connectivity index (χ0n) is 8.44. The normalized spacial score (nSPS) is 20.2. The summed E-state index contributed by atoms with van der Waals surface area (Å²) >= 11 is 0. The number of rotatable bonds is 4. The first-order valence-electron chi connectivity index (χ1n) is 5.01. The van der Waals surface area contributed by atoms with Gasteiger partial charge in [0.25, 0.3) is 0 Å². The van der Waals surface area contributed by atoms with Crippen LogP contribution in [0.15, 0.2) is 12.2 Å². The number of hydrogen-bond donors (Lipinski definition) is 1. The minimum Gasteiger partial charge on any atom is -0.319 e. The molecule has 0 unspecified atom stereocenters. The molecule has 0 amide bonds. The summed E-state index contributed by atoms with van der Waals surface area (Å²) in [4.78, 5) is 11.7. The first-order valence-corrected chi connectivity index (χ1v) is 5.01. The molecule has 1 rings (SSSR count). The molecule has 0 aromatic heterocycles. The number of allylic oxidation sites excluding steroid dienone is 1. The standard InChI is InChI=1S/C11H19NO/c1-9(2)5-6-10(13)11(12)7-3-4-8-11/h1,3-8,12H2,2H3. The maximum absolute atomic E-state index is 11.7. The number of carbonyl (C=O) groups is 1. The fourth-order valence-electron chi connectivity index (χ4n) is 1.86. The van der Waals surface area contributed by atoms with Crippen molar-refractivity contribution in [1.82, 2.24) is 0 Å². The summed E-state index contributed by atoms with van der Waals surface area (Å²) in [6.07, 6.45) is 5.33. The fraction of sp³-hybridized carbons (Fsp3) is 0.727. The average Bonchev–Trinajstić information content (AvgIpc) is 2.49. The van der Waals surface area contributed by atoms with E-state index >= 15 is 0 Å². The van der Waals surface area contributed by atoms with Gasteiger partial charge in [-0.3, -0.25) is 4.79 Å². The lowest BCUT2D eigenvalue weighted by Gasteiger charge is -2.21. The molecule has 0 saturated heterocycles. The number of ketones is 1. The third kappa shape index (κ3) is 2.66. The molecule has 0 aliphatic heterocycles. The number of hydrogen-bond acceptors (Lipinski definition) is 2. The Morgan fingerprint density at radius 3 is 2.38 bits per heavy atom. The van der Waals surface area contributed by atoms with E-state index in [4.69, 9.17) is 5.73 Å². The summed E-state index contributed by atoms with van der Waals surface area (Å²) in [5, 5.41) is 0. The molecule has 0 radical (unpaired) electrons. The zero-order chi connectivity index (χ0) is 9.90. The molecule has 0 aromatic rings. The van der Waals surface area contributed by atoms with E-state index in [1.54, 1.807) is 0 Å². The SMILES string of the molecule is C=C(C)CCC(=O)C1(N)CCCC1. The molecule has 2 nitrogen and oxygen atoms in total. The second-order valence-corrected chi connectivity index (χ2v) is 4.24. The first-order chi connectivity index (χ1) is 6.04. The molecule has 2 N–H and O–H groups in total. The van der Waals surface area contributed by atoms with Crippen LogP contribution in [0.3, 0.4) is 0 Å². The van der Waals surface area contributed by atoms with Gasteiger partial charge in [-0.1, -0.05) is 18.4 Å². The Labute approximate surface area is 80.2 Å². The predicted molar refractivity (Wildman–Crippen MR) is 54.4 cm³/mol. The fourth-order valence-corrected chi connectivity index (χ4v) is 1.86. The molecular weight excluding hydrogens is 162 g/mol. The van der Waals surface area contributed by atoms with Crippen molar-refractivity contribution >= 4 is 5.78 Å². The van der Waals surface area contributed by atoms with Crippen LogP contribution >= 0.6 is 0 Å². The van der Waals surface area contributed by atoms with Crippen LogP contribution < -0.4 is 5.73 Å². The van der Waals surface area contributed by atoms with Gasteiger partial charge in [-0.05, 0) is 26.2 Å². The topological polar surface area (TPSA) is 43.1 Å². The molecule has 1 aliphatic rings. The van der Waals surface area contributed by atoms with E-state index < -0.39 is 5.54 Å². The predicted octanol–water partition coefficient (Wildman–Crippen LogP) is 2.18. The van der Waals surface area contributed by atoms with Gasteiger partial charge in [-0.15, -0.1) is 6.58 Å². The summed E-state index contributed by atoms with van der Waals surface area (Å²) in [6, 6.07) is 0. The highest BCUT2D eigenvalue weighted by Crippen LogP contribution is 2.29. The van der Waals surface area contributed by atoms with Crippen LogP contribution in [0.25, 0.3) is 0 Å². The van der Waals surface area contributed by atoms with E-state index in [1.165, 1.54) is 0 Å². The molecule has 1 aliphatic carbocycles. The quantitative estimate of drug-likeness (QED) is 0.675. The Morgan fingerprint density at radius 1 is 1.38 bits per heavy atom. The smallest absolute Gasteiger partial charge is 0.152 e. The molecule has 2 heteroatoms. The number of Topliss-reactive ketones (excluding diaryl/α,β-unsaturated/α-hetero) is 1. The average molecular weight is 181 g/mol. The van der Waals surface area contributed by atoms with E-state index in [-0.39, 0.29) is 5.78 Å². The van der Waals surface area contributed by atoms with Crippen LogP contribution in [0.2, 0.25) is 0 Å². The minimum atomic E-state index is -0.491. The van der Waals surface area contributed by atoms with Gasteiger partial charge >= 0.3 is 0 Å². The molecular formula is C11H19NO. The maximum atomic E-state index is 11.7. The largest absolute Gasteiger partial charge is 0.319 e. The van der Waals surface area contributed by atoms with Crippen LogP contribution in [0, 0.1) is 0 Å². The van der Waals surface area contributed by atoms with Gasteiger partial charge in [-0.25, -0.2) is 0 Å². The van der Waals surface area contributed by atoms with Crippen molar-refractivity contribution in [3.05, 3.63) is 12.2 Å².